The first kappa shape index (κ1) is 24.2. The molecule has 0 N–H and O–H groups in total. The maximum absolute atomic E-state index is 14.1. The molecule has 2 atom stereocenters. The van der Waals surface area contributed by atoms with Gasteiger partial charge in [0.05, 0.1) is 12.6 Å². The third kappa shape index (κ3) is 5.68. The van der Waals surface area contributed by atoms with Crippen molar-refractivity contribution in [1.82, 2.24) is 9.80 Å². The number of hydrogen-bond donors (Lipinski definition) is 0. The Labute approximate surface area is 194 Å². The molecule has 2 amide bonds. The van der Waals surface area contributed by atoms with Gasteiger partial charge in [0.25, 0.3) is 0 Å². The molecule has 5 nitrogen and oxygen atoms in total. The summed E-state index contributed by atoms with van der Waals surface area (Å²) in [5.74, 6) is -0.204. The maximum atomic E-state index is 14.1. The first-order chi connectivity index (χ1) is 15.3. The van der Waals surface area contributed by atoms with Crippen LogP contribution in [0.3, 0.4) is 0 Å². The number of hydrogen-bond acceptors (Lipinski definition) is 4. The SMILES string of the molecule is CC[C@@H](C)CN(CC(=O)N1CCc2sccc2[C@@H]1COc1ccccc1F)C(=O)C(C)C. The molecule has 0 fully saturated rings. The molecule has 0 saturated heterocycles. The van der Waals surface area contributed by atoms with Crippen LogP contribution in [0.15, 0.2) is 35.7 Å². The highest BCUT2D eigenvalue weighted by atomic mass is 32.1. The number of rotatable bonds is 9. The average Bonchev–Trinajstić information content (AvgIpc) is 3.26. The molecule has 0 unspecified atom stereocenters. The lowest BCUT2D eigenvalue weighted by Gasteiger charge is -2.37. The topological polar surface area (TPSA) is 49.9 Å². The van der Waals surface area contributed by atoms with E-state index in [1.165, 1.54) is 10.9 Å². The van der Waals surface area contributed by atoms with Gasteiger partial charge in [-0.2, -0.15) is 0 Å². The van der Waals surface area contributed by atoms with Crippen LogP contribution in [0.2, 0.25) is 0 Å². The Bertz CT molecular complexity index is 929. The zero-order chi connectivity index (χ0) is 23.3. The van der Waals surface area contributed by atoms with E-state index in [9.17, 15) is 14.0 Å². The van der Waals surface area contributed by atoms with E-state index in [1.54, 1.807) is 39.3 Å². The van der Waals surface area contributed by atoms with Crippen LogP contribution in [0, 0.1) is 17.7 Å². The van der Waals surface area contributed by atoms with Crippen molar-refractivity contribution in [2.24, 2.45) is 11.8 Å². The molecule has 1 aliphatic heterocycles. The smallest absolute Gasteiger partial charge is 0.242 e. The third-order valence-corrected chi connectivity index (χ3v) is 7.01. The number of thiophene rings is 1. The number of fused-ring (bicyclic) bond motifs is 1. The fourth-order valence-electron chi connectivity index (χ4n) is 3.96. The number of amides is 2. The van der Waals surface area contributed by atoms with Gasteiger partial charge in [-0.25, -0.2) is 4.39 Å². The van der Waals surface area contributed by atoms with E-state index in [0.29, 0.717) is 19.0 Å². The molecule has 3 rings (SSSR count). The molecule has 0 bridgehead atoms. The summed E-state index contributed by atoms with van der Waals surface area (Å²) in [6.45, 7) is 9.24. The minimum atomic E-state index is -0.422. The number of nitrogens with zero attached hydrogens (tertiary/aromatic N) is 2. The summed E-state index contributed by atoms with van der Waals surface area (Å²) < 4.78 is 19.9. The molecule has 0 spiro atoms. The lowest BCUT2D eigenvalue weighted by Crippen LogP contribution is -2.49. The van der Waals surface area contributed by atoms with Gasteiger partial charge in [-0.15, -0.1) is 11.3 Å². The maximum Gasteiger partial charge on any atom is 0.242 e. The fraction of sp³-hybridized carbons (Fsp3) is 0.520. The monoisotopic (exact) mass is 460 g/mol. The molecule has 2 aromatic rings. The first-order valence-corrected chi connectivity index (χ1v) is 12.2. The van der Waals surface area contributed by atoms with Gasteiger partial charge in [-0.05, 0) is 41.5 Å². The van der Waals surface area contributed by atoms with Crippen LogP contribution in [0.5, 0.6) is 5.75 Å². The first-order valence-electron chi connectivity index (χ1n) is 11.3. The van der Waals surface area contributed by atoms with Crippen LogP contribution in [0.1, 0.15) is 50.6 Å². The zero-order valence-corrected chi connectivity index (χ0v) is 20.2. The van der Waals surface area contributed by atoms with E-state index in [-0.39, 0.29) is 42.7 Å². The van der Waals surface area contributed by atoms with Crippen LogP contribution in [0.25, 0.3) is 0 Å². The van der Waals surface area contributed by atoms with Gasteiger partial charge >= 0.3 is 0 Å². The molecular weight excluding hydrogens is 427 g/mol. The second-order valence-corrected chi connectivity index (χ2v) is 9.78. The Morgan fingerprint density at radius 3 is 2.69 bits per heavy atom. The van der Waals surface area contributed by atoms with Crippen molar-refractivity contribution in [2.45, 2.75) is 46.6 Å². The highest BCUT2D eigenvalue weighted by Gasteiger charge is 2.34. The quantitative estimate of drug-likeness (QED) is 0.534. The summed E-state index contributed by atoms with van der Waals surface area (Å²) >= 11 is 1.67. The summed E-state index contributed by atoms with van der Waals surface area (Å²) in [5, 5.41) is 2.02. The van der Waals surface area contributed by atoms with Gasteiger partial charge in [0, 0.05) is 23.9 Å². The van der Waals surface area contributed by atoms with Crippen LogP contribution in [-0.2, 0) is 16.0 Å². The van der Waals surface area contributed by atoms with E-state index in [1.807, 2.05) is 25.3 Å². The lowest BCUT2D eigenvalue weighted by atomic mass is 10.00. The van der Waals surface area contributed by atoms with Gasteiger partial charge in [-0.1, -0.05) is 46.2 Å². The van der Waals surface area contributed by atoms with Gasteiger partial charge < -0.3 is 14.5 Å². The van der Waals surface area contributed by atoms with Crippen LogP contribution in [-0.4, -0.2) is 47.9 Å². The summed E-state index contributed by atoms with van der Waals surface area (Å²) in [5.41, 5.74) is 1.05. The Kier molecular flexibility index (Phi) is 8.29. The van der Waals surface area contributed by atoms with Crippen LogP contribution in [0.4, 0.5) is 4.39 Å². The van der Waals surface area contributed by atoms with Crippen molar-refractivity contribution in [3.8, 4) is 5.75 Å². The Hall–Kier alpha value is -2.41. The summed E-state index contributed by atoms with van der Waals surface area (Å²) in [6.07, 6.45) is 1.72. The standard InChI is InChI=1S/C25H33FN2O3S/c1-5-18(4)14-27(25(30)17(2)3)15-24(29)28-12-10-23-19(11-13-32-23)21(28)16-31-22-9-7-6-8-20(22)26/h6-9,11,13,17-18,21H,5,10,12,14-16H2,1-4H3/t18-,21+/m1/s1. The highest BCUT2D eigenvalue weighted by Crippen LogP contribution is 2.34. The largest absolute Gasteiger partial charge is 0.488 e. The number of benzene rings is 1. The molecule has 2 heterocycles. The molecule has 0 radical (unpaired) electrons. The minimum absolute atomic E-state index is 0.00830. The van der Waals surface area contributed by atoms with Crippen molar-refractivity contribution in [1.29, 1.82) is 0 Å². The molecule has 1 aliphatic rings. The van der Waals surface area contributed by atoms with Gasteiger partial charge in [0.2, 0.25) is 11.8 Å². The lowest BCUT2D eigenvalue weighted by molar-refractivity contribution is -0.144. The molecule has 7 heteroatoms. The van der Waals surface area contributed by atoms with Gasteiger partial charge in [0.15, 0.2) is 11.6 Å². The van der Waals surface area contributed by atoms with Crippen molar-refractivity contribution in [3.63, 3.8) is 0 Å². The number of ether oxygens (including phenoxy) is 1. The van der Waals surface area contributed by atoms with Crippen LogP contribution >= 0.6 is 11.3 Å². The molecule has 0 aliphatic carbocycles. The van der Waals surface area contributed by atoms with E-state index >= 15 is 0 Å². The minimum Gasteiger partial charge on any atom is -0.488 e. The summed E-state index contributed by atoms with van der Waals surface area (Å²) in [7, 11) is 0. The second kappa shape index (κ2) is 10.9. The number of carbonyl (C=O) groups excluding carboxylic acids is 2. The van der Waals surface area contributed by atoms with Crippen molar-refractivity contribution < 1.29 is 18.7 Å². The van der Waals surface area contributed by atoms with Crippen molar-refractivity contribution in [2.75, 3.05) is 26.2 Å². The van der Waals surface area contributed by atoms with Gasteiger partial charge in [0.1, 0.15) is 6.61 Å². The molecule has 174 valence electrons. The van der Waals surface area contributed by atoms with Gasteiger partial charge in [-0.3, -0.25) is 9.59 Å². The molecular formula is C25H33FN2O3S. The number of carbonyl (C=O) groups is 2. The highest BCUT2D eigenvalue weighted by molar-refractivity contribution is 7.10. The zero-order valence-electron chi connectivity index (χ0n) is 19.3. The number of para-hydroxylation sites is 1. The van der Waals surface area contributed by atoms with E-state index in [4.69, 9.17) is 4.74 Å². The van der Waals surface area contributed by atoms with E-state index in [2.05, 4.69) is 13.8 Å². The van der Waals surface area contributed by atoms with Crippen LogP contribution < -0.4 is 4.74 Å². The van der Waals surface area contributed by atoms with E-state index < -0.39 is 5.82 Å². The normalized spacial score (nSPS) is 16.6. The second-order valence-electron chi connectivity index (χ2n) is 8.78. The molecule has 0 saturated carbocycles. The predicted octanol–water partition coefficient (Wildman–Crippen LogP) is 4.92. The predicted molar refractivity (Wildman–Crippen MR) is 125 cm³/mol. The van der Waals surface area contributed by atoms with Crippen molar-refractivity contribution in [3.05, 3.63) is 52.0 Å². The fourth-order valence-corrected chi connectivity index (χ4v) is 4.89. The summed E-state index contributed by atoms with van der Waals surface area (Å²) in [4.78, 5) is 30.9. The molecule has 1 aromatic carbocycles. The number of halogens is 1. The molecule has 32 heavy (non-hydrogen) atoms. The Morgan fingerprint density at radius 2 is 2.00 bits per heavy atom. The third-order valence-electron chi connectivity index (χ3n) is 6.01. The Balaban J connectivity index is 1.79. The van der Waals surface area contributed by atoms with Crippen molar-refractivity contribution >= 4 is 23.2 Å². The Morgan fingerprint density at radius 1 is 1.25 bits per heavy atom. The molecule has 1 aromatic heterocycles. The summed E-state index contributed by atoms with van der Waals surface area (Å²) in [6, 6.07) is 8.01. The average molecular weight is 461 g/mol. The van der Waals surface area contributed by atoms with E-state index in [0.717, 1.165) is 18.4 Å².